The van der Waals surface area contributed by atoms with E-state index in [4.69, 9.17) is 34.8 Å². The number of halogens is 4. The lowest BCUT2D eigenvalue weighted by molar-refractivity contribution is 0.252. The summed E-state index contributed by atoms with van der Waals surface area (Å²) < 4.78 is 0.949. The first-order valence-electron chi connectivity index (χ1n) is 9.53. The van der Waals surface area contributed by atoms with Crippen LogP contribution < -0.4 is 10.6 Å². The van der Waals surface area contributed by atoms with Crippen LogP contribution >= 0.6 is 62.1 Å². The molecule has 0 aliphatic heterocycles. The van der Waals surface area contributed by atoms with E-state index in [9.17, 15) is 4.79 Å². The summed E-state index contributed by atoms with van der Waals surface area (Å²) in [7, 11) is 0. The highest BCUT2D eigenvalue weighted by Gasteiger charge is 2.16. The third kappa shape index (κ3) is 5.66. The molecule has 0 radical (unpaired) electrons. The van der Waals surface area contributed by atoms with E-state index in [-0.39, 0.29) is 6.03 Å². The van der Waals surface area contributed by atoms with Gasteiger partial charge in [0.15, 0.2) is 0 Å². The average molecular weight is 567 g/mol. The zero-order chi connectivity index (χ0) is 22.7. The van der Waals surface area contributed by atoms with Gasteiger partial charge in [-0.2, -0.15) is 0 Å². The predicted octanol–water partition coefficient (Wildman–Crippen LogP) is 9.13. The molecule has 0 aliphatic carbocycles. The van der Waals surface area contributed by atoms with Crippen molar-refractivity contribution < 1.29 is 4.79 Å². The van der Waals surface area contributed by atoms with Gasteiger partial charge in [-0.3, -0.25) is 0 Å². The molecule has 1 aromatic heterocycles. The molecule has 0 fully saturated rings. The molecule has 0 atom stereocenters. The van der Waals surface area contributed by atoms with Crippen LogP contribution in [0.15, 0.2) is 77.3 Å². The van der Waals surface area contributed by atoms with Gasteiger partial charge in [-0.25, -0.2) is 4.79 Å². The molecule has 2 amide bonds. The summed E-state index contributed by atoms with van der Waals surface area (Å²) >= 11 is 23.6. The smallest absolute Gasteiger partial charge is 0.319 e. The SMILES string of the molecule is O=C(NCc1cc(-c2ccc(Cl)cc2)c(-c2ccc(Cl)cc2Cl)s1)Nc1ccc(Br)cc1. The van der Waals surface area contributed by atoms with E-state index >= 15 is 0 Å². The number of nitrogens with one attached hydrogen (secondary N) is 2. The van der Waals surface area contributed by atoms with Crippen molar-refractivity contribution in [2.75, 3.05) is 5.32 Å². The van der Waals surface area contributed by atoms with Gasteiger partial charge in [0, 0.05) is 41.1 Å². The van der Waals surface area contributed by atoms with Gasteiger partial charge in [-0.05, 0) is 60.2 Å². The minimum absolute atomic E-state index is 0.278. The summed E-state index contributed by atoms with van der Waals surface area (Å²) in [5.74, 6) is 0. The van der Waals surface area contributed by atoms with Crippen molar-refractivity contribution in [1.29, 1.82) is 0 Å². The van der Waals surface area contributed by atoms with Crippen molar-refractivity contribution in [1.82, 2.24) is 5.32 Å². The quantitative estimate of drug-likeness (QED) is 0.249. The average Bonchev–Trinajstić information content (AvgIpc) is 3.18. The molecule has 0 spiro atoms. The zero-order valence-corrected chi connectivity index (χ0v) is 21.1. The summed E-state index contributed by atoms with van der Waals surface area (Å²) in [5, 5.41) is 7.56. The number of hydrogen-bond donors (Lipinski definition) is 2. The van der Waals surface area contributed by atoms with Crippen molar-refractivity contribution in [3.05, 3.63) is 97.2 Å². The first kappa shape index (κ1) is 23.1. The van der Waals surface area contributed by atoms with Gasteiger partial charge in [0.1, 0.15) is 0 Å². The normalized spacial score (nSPS) is 10.8. The monoisotopic (exact) mass is 564 g/mol. The fourth-order valence-electron chi connectivity index (χ4n) is 3.12. The van der Waals surface area contributed by atoms with E-state index in [2.05, 4.69) is 32.6 Å². The van der Waals surface area contributed by atoms with E-state index in [1.54, 1.807) is 17.4 Å². The lowest BCUT2D eigenvalue weighted by Crippen LogP contribution is -2.27. The molecule has 2 N–H and O–H groups in total. The minimum Gasteiger partial charge on any atom is -0.333 e. The standard InChI is InChI=1S/C24H16BrCl3N2OS/c25-15-3-8-18(9-4-15)30-24(31)29-13-19-12-21(14-1-5-16(26)6-2-14)23(32-19)20-10-7-17(27)11-22(20)28/h1-12H,13H2,(H2,29,30,31). The highest BCUT2D eigenvalue weighted by Crippen LogP contribution is 2.43. The number of hydrogen-bond acceptors (Lipinski definition) is 2. The summed E-state index contributed by atoms with van der Waals surface area (Å²) in [4.78, 5) is 14.3. The Labute approximate surface area is 213 Å². The summed E-state index contributed by atoms with van der Waals surface area (Å²) in [6, 6.07) is 22.3. The van der Waals surface area contributed by atoms with Crippen molar-refractivity contribution in [2.24, 2.45) is 0 Å². The molecule has 0 bridgehead atoms. The Morgan fingerprint density at radius 3 is 2.22 bits per heavy atom. The number of anilines is 1. The molecule has 1 heterocycles. The van der Waals surface area contributed by atoms with Crippen LogP contribution in [0, 0.1) is 0 Å². The van der Waals surface area contributed by atoms with Gasteiger partial charge < -0.3 is 10.6 Å². The molecule has 162 valence electrons. The largest absolute Gasteiger partial charge is 0.333 e. The molecule has 8 heteroatoms. The number of carbonyl (C=O) groups excluding carboxylic acids is 1. The van der Waals surface area contributed by atoms with Gasteiger partial charge in [0.2, 0.25) is 0 Å². The third-order valence-corrected chi connectivity index (χ3v) is 7.14. The molecule has 3 nitrogen and oxygen atoms in total. The molecule has 4 aromatic rings. The van der Waals surface area contributed by atoms with E-state index in [1.807, 2.05) is 60.7 Å². The van der Waals surface area contributed by atoms with Crippen LogP contribution in [0.3, 0.4) is 0 Å². The van der Waals surface area contributed by atoms with E-state index < -0.39 is 0 Å². The Balaban J connectivity index is 1.59. The van der Waals surface area contributed by atoms with Crippen molar-refractivity contribution in [3.8, 4) is 21.6 Å². The lowest BCUT2D eigenvalue weighted by atomic mass is 10.0. The first-order valence-corrected chi connectivity index (χ1v) is 12.3. The Morgan fingerprint density at radius 1 is 0.844 bits per heavy atom. The van der Waals surface area contributed by atoms with E-state index in [0.29, 0.717) is 27.3 Å². The fourth-order valence-corrected chi connectivity index (χ4v) is 5.23. The maximum atomic E-state index is 12.4. The van der Waals surface area contributed by atoms with Crippen LogP contribution in [0.5, 0.6) is 0 Å². The summed E-state index contributed by atoms with van der Waals surface area (Å²) in [6.07, 6.45) is 0. The van der Waals surface area contributed by atoms with Gasteiger partial charge in [0.25, 0.3) is 0 Å². The molecule has 4 rings (SSSR count). The van der Waals surface area contributed by atoms with Crippen molar-refractivity contribution in [3.63, 3.8) is 0 Å². The number of amides is 2. The highest BCUT2D eigenvalue weighted by atomic mass is 79.9. The lowest BCUT2D eigenvalue weighted by Gasteiger charge is -2.07. The Hall–Kier alpha value is -2.02. The third-order valence-electron chi connectivity index (χ3n) is 4.64. The molecule has 0 saturated heterocycles. The number of rotatable bonds is 5. The second-order valence-electron chi connectivity index (χ2n) is 6.90. The Morgan fingerprint density at radius 2 is 1.53 bits per heavy atom. The van der Waals surface area contributed by atoms with Gasteiger partial charge in [0.05, 0.1) is 11.6 Å². The molecule has 0 aliphatic rings. The van der Waals surface area contributed by atoms with Gasteiger partial charge in [-0.15, -0.1) is 11.3 Å². The molecule has 0 saturated carbocycles. The van der Waals surface area contributed by atoms with Crippen LogP contribution in [-0.4, -0.2) is 6.03 Å². The summed E-state index contributed by atoms with van der Waals surface area (Å²) in [6.45, 7) is 0.374. The predicted molar refractivity (Wildman–Crippen MR) is 140 cm³/mol. The second-order valence-corrected chi connectivity index (χ2v) is 10.2. The topological polar surface area (TPSA) is 41.1 Å². The molecule has 3 aromatic carbocycles. The number of carbonyl (C=O) groups is 1. The second kappa shape index (κ2) is 10.3. The maximum absolute atomic E-state index is 12.4. The number of thiophene rings is 1. The number of benzene rings is 3. The van der Waals surface area contributed by atoms with Crippen LogP contribution in [0.1, 0.15) is 4.88 Å². The minimum atomic E-state index is -0.278. The fraction of sp³-hybridized carbons (Fsp3) is 0.0417. The van der Waals surface area contributed by atoms with Crippen LogP contribution in [0.25, 0.3) is 21.6 Å². The zero-order valence-electron chi connectivity index (χ0n) is 16.5. The number of urea groups is 1. The van der Waals surface area contributed by atoms with Crippen molar-refractivity contribution in [2.45, 2.75) is 6.54 Å². The van der Waals surface area contributed by atoms with E-state index in [1.165, 1.54) is 0 Å². The van der Waals surface area contributed by atoms with Gasteiger partial charge >= 0.3 is 6.03 Å². The molecular weight excluding hydrogens is 551 g/mol. The van der Waals surface area contributed by atoms with E-state index in [0.717, 1.165) is 30.9 Å². The van der Waals surface area contributed by atoms with Crippen LogP contribution in [-0.2, 0) is 6.54 Å². The van der Waals surface area contributed by atoms with Gasteiger partial charge in [-0.1, -0.05) is 68.9 Å². The Bertz CT molecular complexity index is 1260. The van der Waals surface area contributed by atoms with Crippen molar-refractivity contribution >= 4 is 73.8 Å². The Kier molecular flexibility index (Phi) is 7.44. The maximum Gasteiger partial charge on any atom is 0.319 e. The van der Waals surface area contributed by atoms with Crippen LogP contribution in [0.4, 0.5) is 10.5 Å². The first-order chi connectivity index (χ1) is 15.4. The molecule has 0 unspecified atom stereocenters. The van der Waals surface area contributed by atoms with Crippen LogP contribution in [0.2, 0.25) is 15.1 Å². The highest BCUT2D eigenvalue weighted by molar-refractivity contribution is 9.10. The molecule has 32 heavy (non-hydrogen) atoms. The summed E-state index contributed by atoms with van der Waals surface area (Å²) in [5.41, 5.74) is 3.63. The molecular formula is C24H16BrCl3N2OS.